The number of amides is 1. The Morgan fingerprint density at radius 2 is 2.14 bits per heavy atom. The van der Waals surface area contributed by atoms with E-state index >= 15 is 0 Å². The van der Waals surface area contributed by atoms with Gasteiger partial charge in [-0.2, -0.15) is 0 Å². The molecule has 0 aliphatic carbocycles. The van der Waals surface area contributed by atoms with Crippen LogP contribution in [0.15, 0.2) is 10.5 Å². The van der Waals surface area contributed by atoms with Gasteiger partial charge in [0.2, 0.25) is 0 Å². The van der Waals surface area contributed by atoms with Crippen molar-refractivity contribution < 1.29 is 14.3 Å². The predicted octanol–water partition coefficient (Wildman–Crippen LogP) is 3.08. The van der Waals surface area contributed by atoms with Crippen LogP contribution in [0.1, 0.15) is 34.3 Å². The minimum absolute atomic E-state index is 0.0433. The van der Waals surface area contributed by atoms with Gasteiger partial charge in [0.25, 0.3) is 5.91 Å². The van der Waals surface area contributed by atoms with Crippen LogP contribution in [0, 0.1) is 13.8 Å². The number of carbonyl (C=O) groups excluding carboxylic acids is 1. The van der Waals surface area contributed by atoms with Gasteiger partial charge in [0.15, 0.2) is 0 Å². The van der Waals surface area contributed by atoms with Gasteiger partial charge in [0.1, 0.15) is 12.4 Å². The van der Waals surface area contributed by atoms with E-state index in [1.54, 1.807) is 0 Å². The van der Waals surface area contributed by atoms with Crippen molar-refractivity contribution in [2.45, 2.75) is 32.8 Å². The Morgan fingerprint density at radius 1 is 1.33 bits per heavy atom. The van der Waals surface area contributed by atoms with E-state index in [0.29, 0.717) is 25.3 Å². The van der Waals surface area contributed by atoms with Crippen LogP contribution >= 0.6 is 15.9 Å². The first-order valence-corrected chi connectivity index (χ1v) is 8.20. The van der Waals surface area contributed by atoms with Crippen molar-refractivity contribution in [3.8, 4) is 5.75 Å². The maximum Gasteiger partial charge on any atom is 0.257 e. The molecule has 4 nitrogen and oxygen atoms in total. The van der Waals surface area contributed by atoms with Crippen molar-refractivity contribution >= 4 is 21.8 Å². The molecule has 3 rings (SSSR count). The largest absolute Gasteiger partial charge is 0.491 e. The molecule has 1 aromatic carbocycles. The van der Waals surface area contributed by atoms with Crippen LogP contribution in [0.5, 0.6) is 5.75 Å². The number of carbonyl (C=O) groups is 1. The Morgan fingerprint density at radius 3 is 2.86 bits per heavy atom. The lowest BCUT2D eigenvalue weighted by molar-refractivity contribution is 0.0519. The highest BCUT2D eigenvalue weighted by Crippen LogP contribution is 2.34. The van der Waals surface area contributed by atoms with Gasteiger partial charge in [-0.05, 0) is 43.9 Å². The number of fused-ring (bicyclic) bond motifs is 1. The molecule has 2 heterocycles. The second-order valence-electron chi connectivity index (χ2n) is 5.72. The zero-order valence-electron chi connectivity index (χ0n) is 12.4. The topological polar surface area (TPSA) is 38.8 Å². The molecule has 2 aliphatic rings. The minimum Gasteiger partial charge on any atom is -0.491 e. The molecule has 1 amide bonds. The standard InChI is InChI=1S/C16H20BrNO3/c1-10-11(2)15-13(8-14(10)17)16(19)18(5-7-21-15)9-12-4-3-6-20-12/h8,12H,3-7,9H2,1-2H3/t12-/m1/s1. The van der Waals surface area contributed by atoms with Crippen LogP contribution < -0.4 is 4.74 Å². The molecule has 0 spiro atoms. The van der Waals surface area contributed by atoms with E-state index in [-0.39, 0.29) is 12.0 Å². The molecule has 1 fully saturated rings. The summed E-state index contributed by atoms with van der Waals surface area (Å²) in [4.78, 5) is 14.7. The van der Waals surface area contributed by atoms with Crippen LogP contribution in [0.2, 0.25) is 0 Å². The molecule has 5 heteroatoms. The molecule has 0 aromatic heterocycles. The predicted molar refractivity (Wildman–Crippen MR) is 84.0 cm³/mol. The molecule has 0 unspecified atom stereocenters. The fourth-order valence-electron chi connectivity index (χ4n) is 2.93. The van der Waals surface area contributed by atoms with Crippen molar-refractivity contribution in [1.29, 1.82) is 0 Å². The van der Waals surface area contributed by atoms with Gasteiger partial charge in [-0.3, -0.25) is 4.79 Å². The van der Waals surface area contributed by atoms with Crippen molar-refractivity contribution in [1.82, 2.24) is 4.90 Å². The highest BCUT2D eigenvalue weighted by Gasteiger charge is 2.29. The van der Waals surface area contributed by atoms with Gasteiger partial charge in [-0.25, -0.2) is 0 Å². The molecular weight excluding hydrogens is 334 g/mol. The first-order valence-electron chi connectivity index (χ1n) is 7.41. The normalized spacial score (nSPS) is 22.0. The Labute approximate surface area is 133 Å². The highest BCUT2D eigenvalue weighted by atomic mass is 79.9. The SMILES string of the molecule is Cc1c(Br)cc2c(c1C)OCCN(C[C@H]1CCCO1)C2=O. The van der Waals surface area contributed by atoms with Crippen LogP contribution in [-0.2, 0) is 4.74 Å². The summed E-state index contributed by atoms with van der Waals surface area (Å²) in [6.45, 7) is 6.65. The molecule has 0 bridgehead atoms. The molecule has 0 saturated carbocycles. The number of halogens is 1. The number of hydrogen-bond donors (Lipinski definition) is 0. The van der Waals surface area contributed by atoms with E-state index in [1.807, 2.05) is 24.8 Å². The maximum absolute atomic E-state index is 12.8. The van der Waals surface area contributed by atoms with Crippen molar-refractivity contribution in [2.24, 2.45) is 0 Å². The summed E-state index contributed by atoms with van der Waals surface area (Å²) in [5.74, 6) is 0.775. The summed E-state index contributed by atoms with van der Waals surface area (Å²) in [6, 6.07) is 1.88. The van der Waals surface area contributed by atoms with Gasteiger partial charge in [-0.15, -0.1) is 0 Å². The van der Waals surface area contributed by atoms with Gasteiger partial charge in [0, 0.05) is 17.6 Å². The monoisotopic (exact) mass is 353 g/mol. The van der Waals surface area contributed by atoms with E-state index in [1.165, 1.54) is 0 Å². The minimum atomic E-state index is 0.0433. The summed E-state index contributed by atoms with van der Waals surface area (Å²) >= 11 is 3.54. The second-order valence-corrected chi connectivity index (χ2v) is 6.57. The molecule has 1 saturated heterocycles. The van der Waals surface area contributed by atoms with Crippen LogP contribution in [0.25, 0.3) is 0 Å². The van der Waals surface area contributed by atoms with Gasteiger partial charge >= 0.3 is 0 Å². The number of hydrogen-bond acceptors (Lipinski definition) is 3. The summed E-state index contributed by atoms with van der Waals surface area (Å²) in [6.07, 6.45) is 2.29. The molecule has 2 aliphatic heterocycles. The second kappa shape index (κ2) is 5.97. The molecule has 0 N–H and O–H groups in total. The zero-order chi connectivity index (χ0) is 15.0. The zero-order valence-corrected chi connectivity index (χ0v) is 14.0. The van der Waals surface area contributed by atoms with Gasteiger partial charge in [0.05, 0.1) is 18.2 Å². The molecule has 1 aromatic rings. The lowest BCUT2D eigenvalue weighted by Crippen LogP contribution is -2.38. The van der Waals surface area contributed by atoms with E-state index in [2.05, 4.69) is 15.9 Å². The lowest BCUT2D eigenvalue weighted by atomic mass is 10.0. The van der Waals surface area contributed by atoms with E-state index in [0.717, 1.165) is 40.8 Å². The van der Waals surface area contributed by atoms with Crippen molar-refractivity contribution in [3.63, 3.8) is 0 Å². The summed E-state index contributed by atoms with van der Waals surface area (Å²) in [7, 11) is 0. The highest BCUT2D eigenvalue weighted by molar-refractivity contribution is 9.10. The first-order chi connectivity index (χ1) is 10.1. The maximum atomic E-state index is 12.8. The molecule has 0 radical (unpaired) electrons. The van der Waals surface area contributed by atoms with E-state index < -0.39 is 0 Å². The van der Waals surface area contributed by atoms with Crippen LogP contribution in [0.3, 0.4) is 0 Å². The van der Waals surface area contributed by atoms with Gasteiger partial charge in [-0.1, -0.05) is 15.9 Å². The van der Waals surface area contributed by atoms with Crippen LogP contribution in [-0.4, -0.2) is 43.2 Å². The summed E-state index contributed by atoms with van der Waals surface area (Å²) < 4.78 is 12.5. The molecule has 21 heavy (non-hydrogen) atoms. The average molecular weight is 354 g/mol. The number of benzene rings is 1. The molecule has 1 atom stereocenters. The summed E-state index contributed by atoms with van der Waals surface area (Å²) in [5, 5.41) is 0. The molecule has 114 valence electrons. The first kappa shape index (κ1) is 14.9. The third-order valence-corrected chi connectivity index (χ3v) is 5.17. The summed E-state index contributed by atoms with van der Waals surface area (Å²) in [5.41, 5.74) is 2.81. The quantitative estimate of drug-likeness (QED) is 0.819. The van der Waals surface area contributed by atoms with Gasteiger partial charge < -0.3 is 14.4 Å². The third-order valence-electron chi connectivity index (χ3n) is 4.35. The van der Waals surface area contributed by atoms with Crippen molar-refractivity contribution in [3.05, 3.63) is 27.2 Å². The van der Waals surface area contributed by atoms with Crippen LogP contribution in [0.4, 0.5) is 0 Å². The Hall–Kier alpha value is -1.07. The van der Waals surface area contributed by atoms with E-state index in [9.17, 15) is 4.79 Å². The lowest BCUT2D eigenvalue weighted by Gasteiger charge is -2.23. The fraction of sp³-hybridized carbons (Fsp3) is 0.562. The number of ether oxygens (including phenoxy) is 2. The average Bonchev–Trinajstić information content (AvgIpc) is 2.92. The Balaban J connectivity index is 1.90. The number of nitrogens with zero attached hydrogens (tertiary/aromatic N) is 1. The Bertz CT molecular complexity index is 567. The van der Waals surface area contributed by atoms with E-state index in [4.69, 9.17) is 9.47 Å². The smallest absolute Gasteiger partial charge is 0.257 e. The number of rotatable bonds is 2. The fourth-order valence-corrected chi connectivity index (χ4v) is 3.46. The van der Waals surface area contributed by atoms with Crippen molar-refractivity contribution in [2.75, 3.05) is 26.3 Å². The molecular formula is C16H20BrNO3. The third kappa shape index (κ3) is 2.81. The Kier molecular flexibility index (Phi) is 4.22.